The number of ether oxygens (including phenoxy) is 1. The van der Waals surface area contributed by atoms with Crippen LogP contribution in [0, 0.1) is 6.92 Å². The molecule has 8 nitrogen and oxygen atoms in total. The lowest BCUT2D eigenvalue weighted by Crippen LogP contribution is -2.53. The number of halogens is 1. The molecule has 1 N–H and O–H groups in total. The number of hydrogen-bond donors (Lipinski definition) is 1. The Labute approximate surface area is 253 Å². The van der Waals surface area contributed by atoms with Crippen LogP contribution in [0.3, 0.4) is 0 Å². The third kappa shape index (κ3) is 7.63. The maximum atomic E-state index is 14.2. The number of amides is 2. The average molecular weight is 612 g/mol. The first-order chi connectivity index (χ1) is 20.1. The van der Waals surface area contributed by atoms with Crippen molar-refractivity contribution < 1.29 is 22.7 Å². The third-order valence-electron chi connectivity index (χ3n) is 7.67. The zero-order valence-electron chi connectivity index (χ0n) is 24.3. The highest BCUT2D eigenvalue weighted by Gasteiger charge is 2.33. The van der Waals surface area contributed by atoms with E-state index in [9.17, 15) is 18.0 Å². The standard InChI is InChI=1S/C32H38ClN3O5S/c1-23-10-7-8-15-30(23)36(42(39,40)29-18-16-26(33)17-19-29)22-31(37)35(21-25-11-9-14-28(20-25)41-3)24(2)32(38)34-27-12-5-4-6-13-27/h7-11,14-20,24,27H,4-6,12-13,21-22H2,1-3H3,(H,34,38)/t24-/m0/s1. The first kappa shape index (κ1) is 31.4. The van der Waals surface area contributed by atoms with Gasteiger partial charge in [-0.15, -0.1) is 0 Å². The van der Waals surface area contributed by atoms with Gasteiger partial charge in [0.1, 0.15) is 18.3 Å². The molecular formula is C32H38ClN3O5S. The molecule has 1 aliphatic rings. The number of aryl methyl sites for hydroxylation is 1. The molecule has 224 valence electrons. The molecule has 0 bridgehead atoms. The Kier molecular flexibility index (Phi) is 10.5. The number of sulfonamides is 1. The minimum Gasteiger partial charge on any atom is -0.497 e. The molecule has 1 atom stereocenters. The number of hydrogen-bond acceptors (Lipinski definition) is 5. The molecule has 3 aromatic rings. The maximum Gasteiger partial charge on any atom is 0.264 e. The Morgan fingerprint density at radius 2 is 1.69 bits per heavy atom. The lowest BCUT2D eigenvalue weighted by Gasteiger charge is -2.33. The number of nitrogens with zero attached hydrogens (tertiary/aromatic N) is 2. The fraction of sp³-hybridized carbons (Fsp3) is 0.375. The van der Waals surface area contributed by atoms with Crippen LogP contribution in [0.4, 0.5) is 5.69 Å². The van der Waals surface area contributed by atoms with Crippen molar-refractivity contribution in [1.82, 2.24) is 10.2 Å². The van der Waals surface area contributed by atoms with Gasteiger partial charge >= 0.3 is 0 Å². The Bertz CT molecular complexity index is 1490. The van der Waals surface area contributed by atoms with Crippen molar-refractivity contribution in [1.29, 1.82) is 0 Å². The fourth-order valence-electron chi connectivity index (χ4n) is 5.21. The van der Waals surface area contributed by atoms with Gasteiger partial charge < -0.3 is 15.0 Å². The van der Waals surface area contributed by atoms with E-state index in [0.29, 0.717) is 22.0 Å². The average Bonchev–Trinajstić information content (AvgIpc) is 2.99. The van der Waals surface area contributed by atoms with E-state index in [1.807, 2.05) is 12.1 Å². The SMILES string of the molecule is COc1cccc(CN(C(=O)CN(c2ccccc2C)S(=O)(=O)c2ccc(Cl)cc2)[C@@H](C)C(=O)NC2CCCCC2)c1. The van der Waals surface area contributed by atoms with Gasteiger partial charge in [0.15, 0.2) is 0 Å². The third-order valence-corrected chi connectivity index (χ3v) is 9.70. The monoisotopic (exact) mass is 611 g/mol. The second-order valence-electron chi connectivity index (χ2n) is 10.6. The Morgan fingerprint density at radius 3 is 2.36 bits per heavy atom. The summed E-state index contributed by atoms with van der Waals surface area (Å²) < 4.78 is 34.4. The van der Waals surface area contributed by atoms with Crippen LogP contribution in [0.15, 0.2) is 77.7 Å². The highest BCUT2D eigenvalue weighted by Crippen LogP contribution is 2.28. The molecule has 0 heterocycles. The van der Waals surface area contributed by atoms with Gasteiger partial charge in [0.25, 0.3) is 10.0 Å². The molecule has 1 saturated carbocycles. The minimum absolute atomic E-state index is 0.00499. The molecule has 0 spiro atoms. The number of carbonyl (C=O) groups excluding carboxylic acids is 2. The number of rotatable bonds is 11. The number of anilines is 1. The molecule has 0 aromatic heterocycles. The van der Waals surface area contributed by atoms with E-state index in [1.54, 1.807) is 57.4 Å². The second-order valence-corrected chi connectivity index (χ2v) is 12.9. The summed E-state index contributed by atoms with van der Waals surface area (Å²) in [7, 11) is -2.61. The quantitative estimate of drug-likeness (QED) is 0.299. The van der Waals surface area contributed by atoms with E-state index in [1.165, 1.54) is 29.2 Å². The van der Waals surface area contributed by atoms with Gasteiger partial charge in [-0.05, 0) is 80.3 Å². The molecule has 3 aromatic carbocycles. The molecule has 42 heavy (non-hydrogen) atoms. The van der Waals surface area contributed by atoms with Gasteiger partial charge in [0.2, 0.25) is 11.8 Å². The van der Waals surface area contributed by atoms with Gasteiger partial charge in [0, 0.05) is 17.6 Å². The van der Waals surface area contributed by atoms with Crippen LogP contribution in [0.1, 0.15) is 50.2 Å². The van der Waals surface area contributed by atoms with Crippen LogP contribution in [0.25, 0.3) is 0 Å². The van der Waals surface area contributed by atoms with Crippen molar-refractivity contribution in [3.05, 3.63) is 88.9 Å². The van der Waals surface area contributed by atoms with Gasteiger partial charge in [0.05, 0.1) is 17.7 Å². The van der Waals surface area contributed by atoms with Crippen molar-refractivity contribution in [2.75, 3.05) is 18.0 Å². The van der Waals surface area contributed by atoms with Gasteiger partial charge in [-0.3, -0.25) is 13.9 Å². The molecule has 10 heteroatoms. The van der Waals surface area contributed by atoms with Crippen LogP contribution >= 0.6 is 11.6 Å². The topological polar surface area (TPSA) is 96.0 Å². The van der Waals surface area contributed by atoms with Crippen molar-refractivity contribution in [2.45, 2.75) is 69.5 Å². The normalized spacial score (nSPS) is 14.6. The van der Waals surface area contributed by atoms with E-state index in [2.05, 4.69) is 5.32 Å². The summed E-state index contributed by atoms with van der Waals surface area (Å²) in [5.41, 5.74) is 1.81. The molecule has 0 unspecified atom stereocenters. The number of carbonyl (C=O) groups is 2. The van der Waals surface area contributed by atoms with Gasteiger partial charge in [-0.1, -0.05) is 61.2 Å². The highest BCUT2D eigenvalue weighted by atomic mass is 35.5. The fourth-order valence-corrected chi connectivity index (χ4v) is 6.81. The van der Waals surface area contributed by atoms with E-state index >= 15 is 0 Å². The Hall–Kier alpha value is -3.56. The molecule has 1 fully saturated rings. The van der Waals surface area contributed by atoms with Crippen molar-refractivity contribution >= 4 is 39.1 Å². The zero-order chi connectivity index (χ0) is 30.3. The molecule has 0 aliphatic heterocycles. The first-order valence-corrected chi connectivity index (χ1v) is 16.0. The number of nitrogens with one attached hydrogen (secondary N) is 1. The zero-order valence-corrected chi connectivity index (χ0v) is 25.8. The van der Waals surface area contributed by atoms with Crippen LogP contribution in [0.2, 0.25) is 5.02 Å². The van der Waals surface area contributed by atoms with E-state index in [0.717, 1.165) is 42.0 Å². The predicted molar refractivity (Wildman–Crippen MR) is 165 cm³/mol. The molecule has 0 saturated heterocycles. The summed E-state index contributed by atoms with van der Waals surface area (Å²) in [6.07, 6.45) is 5.07. The summed E-state index contributed by atoms with van der Waals surface area (Å²) in [4.78, 5) is 29.1. The second kappa shape index (κ2) is 14.1. The highest BCUT2D eigenvalue weighted by molar-refractivity contribution is 7.92. The first-order valence-electron chi connectivity index (χ1n) is 14.2. The molecule has 4 rings (SSSR count). The van der Waals surface area contributed by atoms with Crippen LogP contribution in [-0.4, -0.2) is 50.9 Å². The molecular weight excluding hydrogens is 574 g/mol. The van der Waals surface area contributed by atoms with Crippen molar-refractivity contribution in [2.24, 2.45) is 0 Å². The summed E-state index contributed by atoms with van der Waals surface area (Å²) in [5.74, 6) is -0.155. The van der Waals surface area contributed by atoms with Crippen LogP contribution < -0.4 is 14.4 Å². The Morgan fingerprint density at radius 1 is 1.00 bits per heavy atom. The van der Waals surface area contributed by atoms with Gasteiger partial charge in [-0.25, -0.2) is 8.42 Å². The van der Waals surface area contributed by atoms with Crippen molar-refractivity contribution in [3.8, 4) is 5.75 Å². The molecule has 1 aliphatic carbocycles. The summed E-state index contributed by atoms with van der Waals surface area (Å²) in [5, 5.41) is 3.51. The molecule has 2 amide bonds. The lowest BCUT2D eigenvalue weighted by molar-refractivity contribution is -0.139. The summed E-state index contributed by atoms with van der Waals surface area (Å²) in [6.45, 7) is 3.07. The summed E-state index contributed by atoms with van der Waals surface area (Å²) in [6, 6.07) is 19.3. The van der Waals surface area contributed by atoms with Crippen molar-refractivity contribution in [3.63, 3.8) is 0 Å². The molecule has 0 radical (unpaired) electrons. The minimum atomic E-state index is -4.17. The maximum absolute atomic E-state index is 14.2. The van der Waals surface area contributed by atoms with E-state index < -0.39 is 28.5 Å². The number of methoxy groups -OCH3 is 1. The predicted octanol–water partition coefficient (Wildman–Crippen LogP) is 5.72. The number of para-hydroxylation sites is 1. The van der Waals surface area contributed by atoms with Crippen LogP contribution in [0.5, 0.6) is 5.75 Å². The summed E-state index contributed by atoms with van der Waals surface area (Å²) >= 11 is 6.03. The van der Waals surface area contributed by atoms with Gasteiger partial charge in [-0.2, -0.15) is 0 Å². The van der Waals surface area contributed by atoms with E-state index in [-0.39, 0.29) is 23.4 Å². The van der Waals surface area contributed by atoms with E-state index in [4.69, 9.17) is 16.3 Å². The largest absolute Gasteiger partial charge is 0.497 e. The van der Waals surface area contributed by atoms with Crippen LogP contribution in [-0.2, 0) is 26.2 Å². The smallest absolute Gasteiger partial charge is 0.264 e. The lowest BCUT2D eigenvalue weighted by atomic mass is 9.95. The number of benzene rings is 3. The Balaban J connectivity index is 1.69.